The second-order valence-corrected chi connectivity index (χ2v) is 24.7. The highest BCUT2D eigenvalue weighted by Gasteiger charge is 2.11. The molecule has 0 amide bonds. The molecule has 0 saturated heterocycles. The van der Waals surface area contributed by atoms with E-state index in [1.165, 1.54) is 289 Å². The van der Waals surface area contributed by atoms with E-state index in [4.69, 9.17) is 29.2 Å². The molecule has 4 aromatic rings. The molecule has 474 valence electrons. The number of aromatic nitrogens is 3. The average Bonchev–Trinajstić information content (AvgIpc) is 3.59. The Bertz CT molecular complexity index is 1960. The van der Waals surface area contributed by atoms with Crippen molar-refractivity contribution in [2.45, 2.75) is 329 Å². The van der Waals surface area contributed by atoms with Crippen molar-refractivity contribution in [2.24, 2.45) is 0 Å². The van der Waals surface area contributed by atoms with Crippen molar-refractivity contribution < 1.29 is 14.2 Å². The molecule has 1 heterocycles. The van der Waals surface area contributed by atoms with E-state index in [1.54, 1.807) is 0 Å². The monoisotopic (exact) mass is 1160 g/mol. The minimum Gasteiger partial charge on any atom is -0.494 e. The van der Waals surface area contributed by atoms with Gasteiger partial charge in [0.05, 0.1) is 19.8 Å². The zero-order chi connectivity index (χ0) is 59.1. The molecule has 3 aromatic carbocycles. The number of ether oxygens (including phenoxy) is 3. The summed E-state index contributed by atoms with van der Waals surface area (Å²) in [6.07, 6.45) is 65.5. The van der Waals surface area contributed by atoms with Gasteiger partial charge in [0.25, 0.3) is 0 Å². The molecular formula is C75H126N6O3. The molecule has 0 fully saturated rings. The molecule has 3 N–H and O–H groups in total. The molecule has 0 spiro atoms. The number of nitrogens with zero attached hydrogens (tertiary/aromatic N) is 3. The zero-order valence-electron chi connectivity index (χ0n) is 54.6. The molecule has 0 radical (unpaired) electrons. The Kier molecular flexibility index (Phi) is 45.2. The lowest BCUT2D eigenvalue weighted by atomic mass is 10.0. The maximum absolute atomic E-state index is 6.25. The van der Waals surface area contributed by atoms with Crippen molar-refractivity contribution in [2.75, 3.05) is 35.8 Å². The van der Waals surface area contributed by atoms with E-state index < -0.39 is 0 Å². The Morgan fingerprint density at radius 2 is 0.464 bits per heavy atom. The summed E-state index contributed by atoms with van der Waals surface area (Å²) in [5.41, 5.74) is 2.57. The van der Waals surface area contributed by atoms with Crippen LogP contribution in [0.1, 0.15) is 329 Å². The Morgan fingerprint density at radius 3 is 0.726 bits per heavy atom. The van der Waals surface area contributed by atoms with Gasteiger partial charge in [-0.1, -0.05) is 316 Å². The number of nitrogens with one attached hydrogen (secondary N) is 3. The van der Waals surface area contributed by atoms with Gasteiger partial charge in [0.1, 0.15) is 17.2 Å². The van der Waals surface area contributed by atoms with Crippen molar-refractivity contribution in [3.63, 3.8) is 0 Å². The molecule has 0 bridgehead atoms. The minimum atomic E-state index is 0.419. The molecule has 0 unspecified atom stereocenters. The summed E-state index contributed by atoms with van der Waals surface area (Å²) in [6, 6.07) is 24.2. The van der Waals surface area contributed by atoms with Gasteiger partial charge in [-0.05, 0) is 79.9 Å². The summed E-state index contributed by atoms with van der Waals surface area (Å²) >= 11 is 0. The van der Waals surface area contributed by atoms with Crippen LogP contribution in [-0.2, 0) is 0 Å². The van der Waals surface area contributed by atoms with Crippen LogP contribution < -0.4 is 30.2 Å². The third-order valence-electron chi connectivity index (χ3n) is 16.7. The van der Waals surface area contributed by atoms with Crippen LogP contribution in [0.5, 0.6) is 17.2 Å². The first-order valence-electron chi connectivity index (χ1n) is 35.9. The van der Waals surface area contributed by atoms with Crippen LogP contribution in [0.2, 0.25) is 0 Å². The summed E-state index contributed by atoms with van der Waals surface area (Å²) in [4.78, 5) is 14.5. The third kappa shape index (κ3) is 40.0. The zero-order valence-corrected chi connectivity index (χ0v) is 54.6. The fourth-order valence-electron chi connectivity index (χ4n) is 11.4. The Balaban J connectivity index is 1.18. The third-order valence-corrected chi connectivity index (χ3v) is 16.7. The Labute approximate surface area is 516 Å². The van der Waals surface area contributed by atoms with Crippen molar-refractivity contribution in [1.29, 1.82) is 0 Å². The van der Waals surface area contributed by atoms with Crippen LogP contribution in [0.3, 0.4) is 0 Å². The SMILES string of the molecule is CCCCCCCCCCCCCCCCCCOc1ccc(Nc2nc(Nc3ccc(OCCCCCCCCCCCCCCCCCC)cc3)nc(Nc3cccc(OCCCCCCCCCCCCCCCCCC)c3)n2)cc1. The molecule has 0 aliphatic heterocycles. The lowest BCUT2D eigenvalue weighted by molar-refractivity contribution is 0.304. The van der Waals surface area contributed by atoms with Gasteiger partial charge < -0.3 is 30.2 Å². The first-order valence-corrected chi connectivity index (χ1v) is 35.9. The van der Waals surface area contributed by atoms with Gasteiger partial charge in [-0.2, -0.15) is 15.0 Å². The summed E-state index contributed by atoms with van der Waals surface area (Å²) in [7, 11) is 0. The van der Waals surface area contributed by atoms with Gasteiger partial charge in [0.2, 0.25) is 17.8 Å². The maximum Gasteiger partial charge on any atom is 0.233 e. The number of rotatable bonds is 60. The molecule has 4 rings (SSSR count). The molecule has 9 nitrogen and oxygen atoms in total. The standard InChI is InChI=1S/C75H126N6O3/c1-4-7-10-13-16-19-22-25-28-31-34-37-40-43-46-49-63-82-70-59-55-67(56-60-70)76-73-79-74(77-68-57-61-71(62-58-68)83-64-50-47-44-41-38-35-32-29-26-23-20-17-14-11-8-5-2)81-75(80-73)78-69-53-52-54-72(66-69)84-65-51-48-45-42-39-36-33-30-27-24-21-18-15-12-9-6-3/h52-62,66H,4-51,63-65H2,1-3H3,(H3,76,77,78,79,80,81). The molecule has 0 aliphatic rings. The van der Waals surface area contributed by atoms with E-state index in [1.807, 2.05) is 72.8 Å². The van der Waals surface area contributed by atoms with Crippen LogP contribution in [0.25, 0.3) is 0 Å². The molecule has 0 aliphatic carbocycles. The van der Waals surface area contributed by atoms with Crippen molar-refractivity contribution >= 4 is 34.9 Å². The van der Waals surface area contributed by atoms with E-state index in [9.17, 15) is 0 Å². The topological polar surface area (TPSA) is 102 Å². The first-order chi connectivity index (χ1) is 41.6. The van der Waals surface area contributed by atoms with E-state index in [0.717, 1.165) is 66.8 Å². The second kappa shape index (κ2) is 52.8. The molecule has 0 saturated carbocycles. The lowest BCUT2D eigenvalue weighted by Crippen LogP contribution is -2.07. The van der Waals surface area contributed by atoms with Gasteiger partial charge in [-0.15, -0.1) is 0 Å². The number of benzene rings is 3. The van der Waals surface area contributed by atoms with Crippen molar-refractivity contribution in [1.82, 2.24) is 15.0 Å². The number of anilines is 6. The van der Waals surface area contributed by atoms with Crippen LogP contribution >= 0.6 is 0 Å². The van der Waals surface area contributed by atoms with Gasteiger partial charge in [-0.3, -0.25) is 0 Å². The van der Waals surface area contributed by atoms with Gasteiger partial charge >= 0.3 is 0 Å². The summed E-state index contributed by atoms with van der Waals surface area (Å²) in [6.45, 7) is 9.08. The van der Waals surface area contributed by atoms with Crippen molar-refractivity contribution in [3.05, 3.63) is 72.8 Å². The predicted octanol–water partition coefficient (Wildman–Crippen LogP) is 25.0. The van der Waals surface area contributed by atoms with Crippen LogP contribution in [0.4, 0.5) is 34.9 Å². The quantitative estimate of drug-likeness (QED) is 0.0373. The maximum atomic E-state index is 6.25. The highest BCUT2D eigenvalue weighted by Crippen LogP contribution is 2.27. The second-order valence-electron chi connectivity index (χ2n) is 24.7. The Hall–Kier alpha value is -4.53. The summed E-state index contributed by atoms with van der Waals surface area (Å²) < 4.78 is 18.6. The Morgan fingerprint density at radius 1 is 0.238 bits per heavy atom. The molecule has 1 aromatic heterocycles. The molecule has 0 atom stereocenters. The molecule has 9 heteroatoms. The van der Waals surface area contributed by atoms with Crippen LogP contribution in [0, 0.1) is 0 Å². The highest BCUT2D eigenvalue weighted by molar-refractivity contribution is 5.63. The number of hydrogen-bond donors (Lipinski definition) is 3. The molecular weight excluding hydrogens is 1030 g/mol. The average molecular weight is 1160 g/mol. The number of hydrogen-bond acceptors (Lipinski definition) is 9. The van der Waals surface area contributed by atoms with E-state index in [-0.39, 0.29) is 0 Å². The molecule has 84 heavy (non-hydrogen) atoms. The largest absolute Gasteiger partial charge is 0.494 e. The first kappa shape index (κ1) is 71.9. The fourth-order valence-corrected chi connectivity index (χ4v) is 11.4. The normalized spacial score (nSPS) is 11.3. The highest BCUT2D eigenvalue weighted by atomic mass is 16.5. The van der Waals surface area contributed by atoms with Gasteiger partial charge in [0.15, 0.2) is 0 Å². The van der Waals surface area contributed by atoms with Crippen molar-refractivity contribution in [3.8, 4) is 17.2 Å². The van der Waals surface area contributed by atoms with Crippen LogP contribution in [-0.4, -0.2) is 34.8 Å². The fraction of sp³-hybridized carbons (Fsp3) is 0.720. The lowest BCUT2D eigenvalue weighted by Gasteiger charge is -2.13. The summed E-state index contributed by atoms with van der Waals surface area (Å²) in [5, 5.41) is 10.3. The minimum absolute atomic E-state index is 0.419. The van der Waals surface area contributed by atoms with Crippen LogP contribution in [0.15, 0.2) is 72.8 Å². The van der Waals surface area contributed by atoms with E-state index in [0.29, 0.717) is 24.5 Å². The van der Waals surface area contributed by atoms with E-state index in [2.05, 4.69) is 36.7 Å². The van der Waals surface area contributed by atoms with Gasteiger partial charge in [0, 0.05) is 23.1 Å². The summed E-state index contributed by atoms with van der Waals surface area (Å²) in [5.74, 6) is 3.84. The predicted molar refractivity (Wildman–Crippen MR) is 364 cm³/mol. The number of unbranched alkanes of at least 4 members (excludes halogenated alkanes) is 45. The smallest absolute Gasteiger partial charge is 0.233 e. The van der Waals surface area contributed by atoms with Gasteiger partial charge in [-0.25, -0.2) is 0 Å². The van der Waals surface area contributed by atoms with E-state index >= 15 is 0 Å².